The second-order valence-electron chi connectivity index (χ2n) is 5.75. The topological polar surface area (TPSA) is 74.6 Å². The molecule has 112 valence electrons. The molecule has 19 heavy (non-hydrogen) atoms. The molecule has 0 radical (unpaired) electrons. The smallest absolute Gasteiger partial charge is 0.320 e. The van der Waals surface area contributed by atoms with E-state index in [2.05, 4.69) is 0 Å². The van der Waals surface area contributed by atoms with Gasteiger partial charge in [-0.25, -0.2) is 0 Å². The van der Waals surface area contributed by atoms with Crippen LogP contribution in [-0.4, -0.2) is 64.8 Å². The molecule has 0 aliphatic rings. The molecule has 2 atom stereocenters. The van der Waals surface area contributed by atoms with E-state index in [0.717, 1.165) is 11.8 Å². The fourth-order valence-corrected chi connectivity index (χ4v) is 2.91. The number of aliphatic hydroxyl groups is 1. The van der Waals surface area contributed by atoms with Crippen LogP contribution in [0.15, 0.2) is 0 Å². The molecule has 0 fully saturated rings. The maximum absolute atomic E-state index is 12.0. The quantitative estimate of drug-likeness (QED) is 0.658. The van der Waals surface area contributed by atoms with Gasteiger partial charge in [-0.05, 0) is 12.8 Å². The van der Waals surface area contributed by atoms with Gasteiger partial charge in [0.1, 0.15) is 17.9 Å². The van der Waals surface area contributed by atoms with Gasteiger partial charge in [0.05, 0.1) is 21.1 Å². The SMILES string of the molecule is CCC(CC)C(=O)SC(C(=O)O)C(O)C[N+](C)(C)C. The zero-order valence-electron chi connectivity index (χ0n) is 12.4. The lowest BCUT2D eigenvalue weighted by molar-refractivity contribution is -0.873. The fourth-order valence-electron chi connectivity index (χ4n) is 1.79. The molecule has 0 aromatic heterocycles. The molecule has 0 saturated heterocycles. The first kappa shape index (κ1) is 18.4. The van der Waals surface area contributed by atoms with Crippen LogP contribution in [0.3, 0.4) is 0 Å². The summed E-state index contributed by atoms with van der Waals surface area (Å²) in [5, 5.41) is 18.0. The Balaban J connectivity index is 4.75. The third kappa shape index (κ3) is 6.94. The Morgan fingerprint density at radius 1 is 1.16 bits per heavy atom. The fraction of sp³-hybridized carbons (Fsp3) is 0.846. The van der Waals surface area contributed by atoms with E-state index < -0.39 is 17.3 Å². The summed E-state index contributed by atoms with van der Waals surface area (Å²) in [6, 6.07) is 0. The highest BCUT2D eigenvalue weighted by molar-refractivity contribution is 8.14. The van der Waals surface area contributed by atoms with Crippen LogP contribution in [0.25, 0.3) is 0 Å². The first-order valence-electron chi connectivity index (χ1n) is 6.54. The highest BCUT2D eigenvalue weighted by atomic mass is 32.2. The summed E-state index contributed by atoms with van der Waals surface area (Å²) in [6.45, 7) is 4.11. The van der Waals surface area contributed by atoms with Gasteiger partial charge in [-0.3, -0.25) is 9.59 Å². The normalized spacial score (nSPS) is 15.3. The molecule has 6 heteroatoms. The van der Waals surface area contributed by atoms with Crippen LogP contribution in [0.1, 0.15) is 26.7 Å². The number of carboxylic acid groups (broad SMARTS) is 1. The zero-order chi connectivity index (χ0) is 15.2. The number of nitrogens with zero attached hydrogens (tertiary/aromatic N) is 1. The van der Waals surface area contributed by atoms with Crippen molar-refractivity contribution < 1.29 is 24.3 Å². The molecule has 0 bridgehead atoms. The molecule has 2 N–H and O–H groups in total. The van der Waals surface area contributed by atoms with Crippen LogP contribution in [0.2, 0.25) is 0 Å². The lowest BCUT2D eigenvalue weighted by Crippen LogP contribution is -2.47. The van der Waals surface area contributed by atoms with Crippen molar-refractivity contribution in [2.75, 3.05) is 27.7 Å². The Kier molecular flexibility index (Phi) is 7.62. The Bertz CT molecular complexity index is 310. The first-order chi connectivity index (χ1) is 8.62. The van der Waals surface area contributed by atoms with Crippen LogP contribution >= 0.6 is 11.8 Å². The number of aliphatic carboxylic acids is 1. The predicted molar refractivity (Wildman–Crippen MR) is 77.0 cm³/mol. The second kappa shape index (κ2) is 7.87. The molecule has 0 aliphatic carbocycles. The third-order valence-corrected chi connectivity index (χ3v) is 4.23. The number of carboxylic acids is 1. The molecule has 0 aromatic carbocycles. The van der Waals surface area contributed by atoms with E-state index in [-0.39, 0.29) is 11.0 Å². The van der Waals surface area contributed by atoms with E-state index in [0.29, 0.717) is 23.9 Å². The van der Waals surface area contributed by atoms with Gasteiger partial charge >= 0.3 is 5.97 Å². The number of hydrogen-bond acceptors (Lipinski definition) is 4. The Labute approximate surface area is 119 Å². The molecule has 2 unspecified atom stereocenters. The molecule has 0 heterocycles. The van der Waals surface area contributed by atoms with Gasteiger partial charge in [0.15, 0.2) is 5.12 Å². The van der Waals surface area contributed by atoms with Crippen molar-refractivity contribution >= 4 is 22.8 Å². The number of thioether (sulfide) groups is 1. The van der Waals surface area contributed by atoms with Crippen molar-refractivity contribution in [3.05, 3.63) is 0 Å². The first-order valence-corrected chi connectivity index (χ1v) is 7.42. The van der Waals surface area contributed by atoms with Gasteiger partial charge in [0.25, 0.3) is 0 Å². The predicted octanol–water partition coefficient (Wildman–Crippen LogP) is 1.20. The van der Waals surface area contributed by atoms with Crippen LogP contribution in [0.5, 0.6) is 0 Å². The maximum Gasteiger partial charge on any atom is 0.320 e. The lowest BCUT2D eigenvalue weighted by atomic mass is 10.1. The third-order valence-electron chi connectivity index (χ3n) is 2.89. The Morgan fingerprint density at radius 3 is 1.95 bits per heavy atom. The minimum atomic E-state index is -1.13. The summed E-state index contributed by atoms with van der Waals surface area (Å²) in [5.74, 6) is -1.27. The maximum atomic E-state index is 12.0. The van der Waals surface area contributed by atoms with E-state index >= 15 is 0 Å². The number of aliphatic hydroxyl groups excluding tert-OH is 1. The monoisotopic (exact) mass is 292 g/mol. The van der Waals surface area contributed by atoms with Crippen LogP contribution in [-0.2, 0) is 9.59 Å². The van der Waals surface area contributed by atoms with Gasteiger partial charge in [-0.2, -0.15) is 0 Å². The molecular formula is C13H26NO4S+. The van der Waals surface area contributed by atoms with Gasteiger partial charge < -0.3 is 14.7 Å². The Morgan fingerprint density at radius 2 is 1.63 bits per heavy atom. The van der Waals surface area contributed by atoms with Crippen molar-refractivity contribution in [2.24, 2.45) is 5.92 Å². The highest BCUT2D eigenvalue weighted by Gasteiger charge is 2.34. The van der Waals surface area contributed by atoms with Crippen molar-refractivity contribution in [1.29, 1.82) is 0 Å². The van der Waals surface area contributed by atoms with Crippen LogP contribution in [0, 0.1) is 5.92 Å². The highest BCUT2D eigenvalue weighted by Crippen LogP contribution is 2.24. The zero-order valence-corrected chi connectivity index (χ0v) is 13.2. The average molecular weight is 292 g/mol. The minimum Gasteiger partial charge on any atom is -0.480 e. The van der Waals surface area contributed by atoms with Gasteiger partial charge in [-0.1, -0.05) is 25.6 Å². The van der Waals surface area contributed by atoms with Gasteiger partial charge in [0, 0.05) is 5.92 Å². The van der Waals surface area contributed by atoms with Crippen LogP contribution in [0.4, 0.5) is 0 Å². The van der Waals surface area contributed by atoms with E-state index in [9.17, 15) is 19.8 Å². The Hall–Kier alpha value is -0.590. The number of carbonyl (C=O) groups is 2. The molecule has 0 aliphatic heterocycles. The largest absolute Gasteiger partial charge is 0.480 e. The molecule has 0 aromatic rings. The van der Waals surface area contributed by atoms with Crippen molar-refractivity contribution in [3.63, 3.8) is 0 Å². The van der Waals surface area contributed by atoms with Crippen molar-refractivity contribution in [2.45, 2.75) is 38.0 Å². The lowest BCUT2D eigenvalue weighted by Gasteiger charge is -2.29. The van der Waals surface area contributed by atoms with E-state index in [1.165, 1.54) is 0 Å². The van der Waals surface area contributed by atoms with Crippen molar-refractivity contribution in [1.82, 2.24) is 0 Å². The number of likely N-dealkylation sites (N-methyl/N-ethyl adjacent to an activating group) is 1. The summed E-state index contributed by atoms with van der Waals surface area (Å²) in [4.78, 5) is 23.2. The summed E-state index contributed by atoms with van der Waals surface area (Å²) in [6.07, 6.45) is 0.348. The molecule has 5 nitrogen and oxygen atoms in total. The minimum absolute atomic E-state index is 0.136. The van der Waals surface area contributed by atoms with Crippen LogP contribution < -0.4 is 0 Å². The van der Waals surface area contributed by atoms with E-state index in [1.54, 1.807) is 0 Å². The summed E-state index contributed by atoms with van der Waals surface area (Å²) in [7, 11) is 5.61. The summed E-state index contributed by atoms with van der Waals surface area (Å²) < 4.78 is 0.449. The molecular weight excluding hydrogens is 266 g/mol. The van der Waals surface area contributed by atoms with Gasteiger partial charge in [0.2, 0.25) is 0 Å². The molecule has 0 amide bonds. The standard InChI is InChI=1S/C13H25NO4S/c1-6-9(7-2)13(18)19-11(12(16)17)10(15)8-14(3,4)5/h9-11,15H,6-8H2,1-5H3/p+1. The summed E-state index contributed by atoms with van der Waals surface area (Å²) >= 11 is 0.760. The number of quaternary nitrogens is 1. The number of rotatable bonds is 8. The number of carbonyl (C=O) groups excluding carboxylic acids is 1. The molecule has 0 saturated carbocycles. The van der Waals surface area contributed by atoms with Gasteiger partial charge in [-0.15, -0.1) is 0 Å². The molecule has 0 spiro atoms. The van der Waals surface area contributed by atoms with Crippen molar-refractivity contribution in [3.8, 4) is 0 Å². The van der Waals surface area contributed by atoms with E-state index in [1.807, 2.05) is 35.0 Å². The second-order valence-corrected chi connectivity index (χ2v) is 6.90. The molecule has 0 rings (SSSR count). The average Bonchev–Trinajstić information content (AvgIpc) is 2.24. The summed E-state index contributed by atoms with van der Waals surface area (Å²) in [5.41, 5.74) is 0. The van der Waals surface area contributed by atoms with E-state index in [4.69, 9.17) is 0 Å². The number of hydrogen-bond donors (Lipinski definition) is 2.